The molecular formula is C50H34N6. The molecule has 11 rings (SSSR count). The van der Waals surface area contributed by atoms with Crippen LogP contribution in [0.15, 0.2) is 182 Å². The second-order valence-corrected chi connectivity index (χ2v) is 14.3. The molecule has 1 aliphatic carbocycles. The zero-order valence-electron chi connectivity index (χ0n) is 30.4. The molecule has 6 aromatic carbocycles. The first-order valence-electron chi connectivity index (χ1n) is 19.0. The molecule has 0 saturated carbocycles. The first-order valence-corrected chi connectivity index (χ1v) is 19.0. The van der Waals surface area contributed by atoms with E-state index in [0.29, 0.717) is 11.6 Å². The predicted octanol–water partition coefficient (Wildman–Crippen LogP) is 12.2. The van der Waals surface area contributed by atoms with Gasteiger partial charge in [0.05, 0.1) is 22.1 Å². The Morgan fingerprint density at radius 1 is 0.429 bits per heavy atom. The number of nitrogens with zero attached hydrogens (tertiary/aromatic N) is 6. The third kappa shape index (κ3) is 5.34. The molecule has 4 heterocycles. The molecule has 0 N–H and O–H groups in total. The van der Waals surface area contributed by atoms with Crippen LogP contribution in [0.4, 0.5) is 0 Å². The summed E-state index contributed by atoms with van der Waals surface area (Å²) in [4.78, 5) is 19.3. The van der Waals surface area contributed by atoms with Gasteiger partial charge in [-0.15, -0.1) is 0 Å². The van der Waals surface area contributed by atoms with E-state index < -0.39 is 0 Å². The molecule has 4 aromatic heterocycles. The van der Waals surface area contributed by atoms with Crippen molar-refractivity contribution in [3.8, 4) is 45.3 Å². The number of allylic oxidation sites excluding steroid dienone is 4. The Labute approximate surface area is 323 Å². The zero-order chi connectivity index (χ0) is 37.0. The lowest BCUT2D eigenvalue weighted by Crippen LogP contribution is -2.04. The normalized spacial score (nSPS) is 12.9. The summed E-state index contributed by atoms with van der Waals surface area (Å²) in [5, 5.41) is 4.85. The molecule has 0 fully saturated rings. The molecule has 1 aliphatic rings. The molecule has 0 bridgehead atoms. The van der Waals surface area contributed by atoms with Gasteiger partial charge in [0.25, 0.3) is 0 Å². The van der Waals surface area contributed by atoms with Crippen LogP contribution in [0.5, 0.6) is 0 Å². The minimum absolute atomic E-state index is 0.668. The first-order chi connectivity index (χ1) is 27.8. The van der Waals surface area contributed by atoms with Gasteiger partial charge in [-0.05, 0) is 96.8 Å². The maximum absolute atomic E-state index is 5.01. The van der Waals surface area contributed by atoms with Gasteiger partial charge in [0.2, 0.25) is 0 Å². The van der Waals surface area contributed by atoms with E-state index in [-0.39, 0.29) is 0 Å². The Hall–Kier alpha value is -7.44. The molecule has 0 amide bonds. The average molecular weight is 719 g/mol. The van der Waals surface area contributed by atoms with Crippen molar-refractivity contribution >= 4 is 49.2 Å². The summed E-state index contributed by atoms with van der Waals surface area (Å²) in [5.41, 5.74) is 12.2. The minimum Gasteiger partial charge on any atom is -0.309 e. The molecule has 0 spiro atoms. The largest absolute Gasteiger partial charge is 0.309 e. The van der Waals surface area contributed by atoms with Crippen molar-refractivity contribution in [3.63, 3.8) is 0 Å². The summed E-state index contributed by atoms with van der Waals surface area (Å²) in [6.07, 6.45) is 12.0. The number of fused-ring (bicyclic) bond motifs is 6. The van der Waals surface area contributed by atoms with Crippen molar-refractivity contribution in [3.05, 3.63) is 188 Å². The molecule has 264 valence electrons. The van der Waals surface area contributed by atoms with Gasteiger partial charge >= 0.3 is 0 Å². The number of hydrogen-bond donors (Lipinski definition) is 0. The van der Waals surface area contributed by atoms with Gasteiger partial charge in [-0.3, -0.25) is 4.98 Å². The van der Waals surface area contributed by atoms with E-state index in [4.69, 9.17) is 15.0 Å². The molecule has 6 nitrogen and oxygen atoms in total. The van der Waals surface area contributed by atoms with Gasteiger partial charge in [-0.2, -0.15) is 0 Å². The van der Waals surface area contributed by atoms with Gasteiger partial charge < -0.3 is 9.13 Å². The average Bonchev–Trinajstić information content (AvgIpc) is 3.79. The van der Waals surface area contributed by atoms with E-state index in [1.807, 2.05) is 36.7 Å². The Balaban J connectivity index is 1.03. The SMILES string of the molecule is C1=CCCC(c2nc(-c3ccccc3)nc(-c3ccc(-n4c5ccccc5c5cc(-n6c7ccccc7c7cc(-c8cccnc8)ccc76)ccc54)cc3)n2)=C1. The lowest BCUT2D eigenvalue weighted by molar-refractivity contribution is 0.978. The van der Waals surface area contributed by atoms with Crippen LogP contribution in [0, 0.1) is 0 Å². The topological polar surface area (TPSA) is 61.4 Å². The van der Waals surface area contributed by atoms with Crippen molar-refractivity contribution in [2.75, 3.05) is 0 Å². The first kappa shape index (κ1) is 32.0. The van der Waals surface area contributed by atoms with Crippen molar-refractivity contribution in [2.24, 2.45) is 0 Å². The summed E-state index contributed by atoms with van der Waals surface area (Å²) >= 11 is 0. The molecule has 0 saturated heterocycles. The number of benzene rings is 6. The van der Waals surface area contributed by atoms with Crippen molar-refractivity contribution in [1.82, 2.24) is 29.1 Å². The van der Waals surface area contributed by atoms with Gasteiger partial charge in [0, 0.05) is 62.0 Å². The number of para-hydroxylation sites is 2. The fraction of sp³-hybridized carbons (Fsp3) is 0.0400. The van der Waals surface area contributed by atoms with Crippen LogP contribution in [0.1, 0.15) is 18.7 Å². The molecule has 56 heavy (non-hydrogen) atoms. The molecule has 0 aliphatic heterocycles. The van der Waals surface area contributed by atoms with Crippen LogP contribution >= 0.6 is 0 Å². The summed E-state index contributed by atoms with van der Waals surface area (Å²) in [5.74, 6) is 2.08. The summed E-state index contributed by atoms with van der Waals surface area (Å²) in [6.45, 7) is 0. The Bertz CT molecular complexity index is 3170. The zero-order valence-corrected chi connectivity index (χ0v) is 30.4. The highest BCUT2D eigenvalue weighted by Gasteiger charge is 2.18. The van der Waals surface area contributed by atoms with E-state index in [1.54, 1.807) is 0 Å². The monoisotopic (exact) mass is 718 g/mol. The second kappa shape index (κ2) is 13.1. The smallest absolute Gasteiger partial charge is 0.164 e. The number of rotatable bonds is 6. The van der Waals surface area contributed by atoms with Crippen LogP contribution in [0.2, 0.25) is 0 Å². The van der Waals surface area contributed by atoms with E-state index in [1.165, 1.54) is 32.6 Å². The number of pyridine rings is 1. The lowest BCUT2D eigenvalue weighted by atomic mass is 10.0. The van der Waals surface area contributed by atoms with E-state index in [2.05, 4.69) is 160 Å². The van der Waals surface area contributed by atoms with E-state index >= 15 is 0 Å². The maximum Gasteiger partial charge on any atom is 0.164 e. The van der Waals surface area contributed by atoms with Gasteiger partial charge in [0.1, 0.15) is 0 Å². The Kier molecular flexibility index (Phi) is 7.52. The second-order valence-electron chi connectivity index (χ2n) is 14.3. The van der Waals surface area contributed by atoms with Crippen LogP contribution in [-0.2, 0) is 0 Å². The molecule has 0 atom stereocenters. The highest BCUT2D eigenvalue weighted by Crippen LogP contribution is 2.38. The molecule has 0 unspecified atom stereocenters. The highest BCUT2D eigenvalue weighted by molar-refractivity contribution is 6.12. The molecular weight excluding hydrogens is 685 g/mol. The third-order valence-electron chi connectivity index (χ3n) is 10.9. The van der Waals surface area contributed by atoms with Gasteiger partial charge in [0.15, 0.2) is 17.5 Å². The van der Waals surface area contributed by atoms with Gasteiger partial charge in [-0.25, -0.2) is 15.0 Å². The summed E-state index contributed by atoms with van der Waals surface area (Å²) in [7, 11) is 0. The van der Waals surface area contributed by atoms with E-state index in [0.717, 1.165) is 68.9 Å². The number of aromatic nitrogens is 6. The Morgan fingerprint density at radius 3 is 1.70 bits per heavy atom. The minimum atomic E-state index is 0.668. The molecule has 10 aromatic rings. The number of hydrogen-bond acceptors (Lipinski definition) is 4. The molecule has 0 radical (unpaired) electrons. The van der Waals surface area contributed by atoms with Crippen LogP contribution in [-0.4, -0.2) is 29.1 Å². The molecule has 6 heteroatoms. The Morgan fingerprint density at radius 2 is 1.00 bits per heavy atom. The fourth-order valence-corrected chi connectivity index (χ4v) is 8.26. The van der Waals surface area contributed by atoms with Crippen molar-refractivity contribution < 1.29 is 0 Å². The van der Waals surface area contributed by atoms with Crippen LogP contribution in [0.25, 0.3) is 94.5 Å². The van der Waals surface area contributed by atoms with Crippen molar-refractivity contribution in [2.45, 2.75) is 12.8 Å². The van der Waals surface area contributed by atoms with Crippen molar-refractivity contribution in [1.29, 1.82) is 0 Å². The van der Waals surface area contributed by atoms with Crippen LogP contribution < -0.4 is 0 Å². The highest BCUT2D eigenvalue weighted by atomic mass is 15.0. The fourth-order valence-electron chi connectivity index (χ4n) is 8.26. The summed E-state index contributed by atoms with van der Waals surface area (Å²) in [6, 6.07) is 53.8. The van der Waals surface area contributed by atoms with E-state index in [9.17, 15) is 0 Å². The quantitative estimate of drug-likeness (QED) is 0.172. The predicted molar refractivity (Wildman–Crippen MR) is 229 cm³/mol. The summed E-state index contributed by atoms with van der Waals surface area (Å²) < 4.78 is 4.75. The lowest BCUT2D eigenvalue weighted by Gasteiger charge is -2.13. The third-order valence-corrected chi connectivity index (χ3v) is 10.9. The maximum atomic E-state index is 5.01. The van der Waals surface area contributed by atoms with Gasteiger partial charge in [-0.1, -0.05) is 97.1 Å². The van der Waals surface area contributed by atoms with Crippen LogP contribution in [0.3, 0.4) is 0 Å². The standard InChI is InChI=1S/C50H34N6/c1-3-12-33(13-4-1)48-52-49(34-14-5-2-6-15-34)54-50(53-48)35-21-24-38(25-22-35)55-44-19-9-8-18-41(44)43-31-39(26-28-47(43)55)56-45-20-10-7-17-40(45)42-30-36(23-27-46(42)56)37-16-11-29-51-32-37/h1-5,7-14,16-32H,6,15H2.